The SMILES string of the molecule is C1C2CC3CC1CC(C2)C3.O=P(O)(O)O. The molecule has 0 unspecified atom stereocenters. The van der Waals surface area contributed by atoms with Crippen molar-refractivity contribution in [3.8, 4) is 0 Å². The van der Waals surface area contributed by atoms with Crippen molar-refractivity contribution in [3.05, 3.63) is 0 Å². The van der Waals surface area contributed by atoms with Crippen molar-refractivity contribution in [1.82, 2.24) is 0 Å². The van der Waals surface area contributed by atoms with Gasteiger partial charge in [0.2, 0.25) is 0 Å². The highest BCUT2D eigenvalue weighted by Gasteiger charge is 2.41. The molecule has 4 aliphatic carbocycles. The van der Waals surface area contributed by atoms with Gasteiger partial charge in [-0.2, -0.15) is 0 Å². The number of phosphoric acid groups is 1. The van der Waals surface area contributed by atoms with E-state index in [2.05, 4.69) is 0 Å². The van der Waals surface area contributed by atoms with E-state index in [0.29, 0.717) is 0 Å². The summed E-state index contributed by atoms with van der Waals surface area (Å²) in [6.07, 6.45) is 9.62. The van der Waals surface area contributed by atoms with Crippen LogP contribution in [-0.4, -0.2) is 14.7 Å². The molecule has 0 aliphatic heterocycles. The van der Waals surface area contributed by atoms with Crippen LogP contribution >= 0.6 is 7.82 Å². The molecule has 4 nitrogen and oxygen atoms in total. The van der Waals surface area contributed by atoms with Crippen LogP contribution in [0.3, 0.4) is 0 Å². The molecule has 0 aromatic heterocycles. The van der Waals surface area contributed by atoms with Gasteiger partial charge in [-0.1, -0.05) is 0 Å². The minimum atomic E-state index is -4.64. The average Bonchev–Trinajstić information content (AvgIpc) is 1.96. The largest absolute Gasteiger partial charge is 0.466 e. The van der Waals surface area contributed by atoms with E-state index in [4.69, 9.17) is 19.2 Å². The Morgan fingerprint density at radius 1 is 0.667 bits per heavy atom. The highest BCUT2D eigenvalue weighted by atomic mass is 31.2. The fourth-order valence-corrected chi connectivity index (χ4v) is 3.98. The normalized spacial score (nSPS) is 42.3. The van der Waals surface area contributed by atoms with Crippen molar-refractivity contribution in [2.75, 3.05) is 0 Å². The zero-order valence-corrected chi connectivity index (χ0v) is 9.64. The van der Waals surface area contributed by atoms with Crippen LogP contribution in [0.2, 0.25) is 0 Å². The fraction of sp³-hybridized carbons (Fsp3) is 1.00. The van der Waals surface area contributed by atoms with Crippen LogP contribution < -0.4 is 0 Å². The lowest BCUT2D eigenvalue weighted by Gasteiger charge is -2.49. The van der Waals surface area contributed by atoms with Gasteiger partial charge >= 0.3 is 7.82 Å². The van der Waals surface area contributed by atoms with E-state index in [0.717, 1.165) is 0 Å². The highest BCUT2D eigenvalue weighted by Crippen LogP contribution is 2.53. The zero-order valence-electron chi connectivity index (χ0n) is 8.75. The first-order chi connectivity index (χ1) is 6.90. The topological polar surface area (TPSA) is 77.8 Å². The lowest BCUT2D eigenvalue weighted by atomic mass is 9.56. The predicted molar refractivity (Wildman–Crippen MR) is 55.9 cm³/mol. The van der Waals surface area contributed by atoms with Crippen LogP contribution in [0, 0.1) is 23.7 Å². The molecule has 0 heterocycles. The highest BCUT2D eigenvalue weighted by molar-refractivity contribution is 7.45. The summed E-state index contributed by atoms with van der Waals surface area (Å²) in [5, 5.41) is 0. The van der Waals surface area contributed by atoms with E-state index >= 15 is 0 Å². The van der Waals surface area contributed by atoms with Gasteiger partial charge in [0.05, 0.1) is 0 Å². The molecule has 4 bridgehead atoms. The summed E-state index contributed by atoms with van der Waals surface area (Å²) in [4.78, 5) is 21.6. The third-order valence-electron chi connectivity index (χ3n) is 4.00. The zero-order chi connectivity index (χ0) is 11.1. The Balaban J connectivity index is 0.000000149. The third-order valence-corrected chi connectivity index (χ3v) is 4.00. The molecule has 0 radical (unpaired) electrons. The van der Waals surface area contributed by atoms with Crippen LogP contribution in [-0.2, 0) is 4.57 Å². The summed E-state index contributed by atoms with van der Waals surface area (Å²) in [5.74, 6) is 4.71. The summed E-state index contributed by atoms with van der Waals surface area (Å²) in [6.45, 7) is 0. The second-order valence-corrected chi connectivity index (χ2v) is 6.42. The first-order valence-electron chi connectivity index (χ1n) is 5.68. The van der Waals surface area contributed by atoms with Crippen LogP contribution in [0.5, 0.6) is 0 Å². The molecule has 0 spiro atoms. The maximum atomic E-state index is 8.88. The van der Waals surface area contributed by atoms with Gasteiger partial charge in [-0.15, -0.1) is 0 Å². The Bertz CT molecular complexity index is 208. The molecule has 4 rings (SSSR count). The second kappa shape index (κ2) is 4.17. The molecule has 0 atom stereocenters. The van der Waals surface area contributed by atoms with Gasteiger partial charge in [0.15, 0.2) is 0 Å². The van der Waals surface area contributed by atoms with Crippen molar-refractivity contribution in [1.29, 1.82) is 0 Å². The van der Waals surface area contributed by atoms with Crippen molar-refractivity contribution in [2.45, 2.75) is 38.5 Å². The van der Waals surface area contributed by atoms with Crippen LogP contribution in [0.25, 0.3) is 0 Å². The van der Waals surface area contributed by atoms with Crippen molar-refractivity contribution < 1.29 is 19.2 Å². The predicted octanol–water partition coefficient (Wildman–Crippen LogP) is 1.90. The van der Waals surface area contributed by atoms with Gasteiger partial charge in [0.1, 0.15) is 0 Å². The molecular formula is C10H19O4P. The fourth-order valence-electron chi connectivity index (χ4n) is 3.98. The van der Waals surface area contributed by atoms with E-state index in [-0.39, 0.29) is 0 Å². The molecular weight excluding hydrogens is 215 g/mol. The average molecular weight is 234 g/mol. The molecule has 4 fully saturated rings. The lowest BCUT2D eigenvalue weighted by molar-refractivity contribution is 0.0198. The molecule has 4 saturated carbocycles. The van der Waals surface area contributed by atoms with E-state index in [9.17, 15) is 0 Å². The van der Waals surface area contributed by atoms with Gasteiger partial charge in [0.25, 0.3) is 0 Å². The van der Waals surface area contributed by atoms with E-state index in [1.165, 1.54) is 23.7 Å². The number of rotatable bonds is 0. The van der Waals surface area contributed by atoms with Crippen LogP contribution in [0.4, 0.5) is 0 Å². The monoisotopic (exact) mass is 234 g/mol. The molecule has 15 heavy (non-hydrogen) atoms. The van der Waals surface area contributed by atoms with E-state index in [1.54, 1.807) is 38.5 Å². The summed E-state index contributed by atoms with van der Waals surface area (Å²) < 4.78 is 8.88. The maximum absolute atomic E-state index is 8.88. The van der Waals surface area contributed by atoms with Crippen LogP contribution in [0.1, 0.15) is 38.5 Å². The Kier molecular flexibility index (Phi) is 3.22. The molecule has 0 aromatic rings. The minimum Gasteiger partial charge on any atom is -0.303 e. The van der Waals surface area contributed by atoms with Gasteiger partial charge in [-0.25, -0.2) is 4.57 Å². The van der Waals surface area contributed by atoms with Gasteiger partial charge < -0.3 is 14.7 Å². The third kappa shape index (κ3) is 3.56. The Morgan fingerprint density at radius 3 is 0.933 bits per heavy atom. The minimum absolute atomic E-state index is 1.18. The van der Waals surface area contributed by atoms with Gasteiger partial charge in [0, 0.05) is 0 Å². The molecule has 5 heteroatoms. The Labute approximate surface area is 89.9 Å². The van der Waals surface area contributed by atoms with Crippen molar-refractivity contribution in [3.63, 3.8) is 0 Å². The molecule has 88 valence electrons. The molecule has 0 saturated heterocycles. The quantitative estimate of drug-likeness (QED) is 0.559. The number of hydrogen-bond donors (Lipinski definition) is 3. The molecule has 0 aromatic carbocycles. The lowest BCUT2D eigenvalue weighted by Crippen LogP contribution is -2.38. The Hall–Kier alpha value is 0.110. The standard InChI is InChI=1S/C10H16.H3O4P/c1-7-2-9-4-8(1)5-10(3-7)6-9;1-5(2,3)4/h7-10H,1-6H2;(H3,1,2,3,4). The van der Waals surface area contributed by atoms with E-state index in [1.807, 2.05) is 0 Å². The van der Waals surface area contributed by atoms with Crippen LogP contribution in [0.15, 0.2) is 0 Å². The van der Waals surface area contributed by atoms with Gasteiger partial charge in [-0.3, -0.25) is 0 Å². The second-order valence-electron chi connectivity index (χ2n) is 5.39. The summed E-state index contributed by atoms with van der Waals surface area (Å²) in [5.41, 5.74) is 0. The smallest absolute Gasteiger partial charge is 0.303 e. The van der Waals surface area contributed by atoms with Gasteiger partial charge in [-0.05, 0) is 62.2 Å². The first kappa shape index (κ1) is 11.6. The molecule has 3 N–H and O–H groups in total. The summed E-state index contributed by atoms with van der Waals surface area (Å²) in [7, 11) is -4.64. The summed E-state index contributed by atoms with van der Waals surface area (Å²) in [6, 6.07) is 0. The number of hydrogen-bond acceptors (Lipinski definition) is 1. The molecule has 4 aliphatic rings. The Morgan fingerprint density at radius 2 is 0.800 bits per heavy atom. The molecule has 0 amide bonds. The van der Waals surface area contributed by atoms with E-state index < -0.39 is 7.82 Å². The first-order valence-corrected chi connectivity index (χ1v) is 7.25. The summed E-state index contributed by atoms with van der Waals surface area (Å²) >= 11 is 0. The maximum Gasteiger partial charge on any atom is 0.466 e. The van der Waals surface area contributed by atoms with Crippen molar-refractivity contribution >= 4 is 7.82 Å². The van der Waals surface area contributed by atoms with Crippen molar-refractivity contribution in [2.24, 2.45) is 23.7 Å².